The predicted molar refractivity (Wildman–Crippen MR) is 133 cm³/mol. The lowest BCUT2D eigenvalue weighted by Crippen LogP contribution is -2.50. The molecule has 0 unspecified atom stereocenters. The van der Waals surface area contributed by atoms with E-state index < -0.39 is 0 Å². The monoisotopic (exact) mass is 426 g/mol. The van der Waals surface area contributed by atoms with Crippen LogP contribution >= 0.6 is 0 Å². The largest absolute Gasteiger partial charge is 0.382 e. The Labute approximate surface area is 192 Å². The summed E-state index contributed by atoms with van der Waals surface area (Å²) in [5, 5.41) is 3.80. The van der Waals surface area contributed by atoms with Gasteiger partial charge in [-0.25, -0.2) is 0 Å². The van der Waals surface area contributed by atoms with Crippen LogP contribution in [0.3, 0.4) is 0 Å². The van der Waals surface area contributed by atoms with Gasteiger partial charge in [-0.1, -0.05) is 72.6 Å². The first kappa shape index (κ1) is 22.1. The molecule has 1 aliphatic heterocycles. The van der Waals surface area contributed by atoms with E-state index in [0.29, 0.717) is 6.04 Å². The summed E-state index contributed by atoms with van der Waals surface area (Å²) in [6, 6.07) is 25.8. The second-order valence-electron chi connectivity index (χ2n) is 9.09. The van der Waals surface area contributed by atoms with Gasteiger partial charge < -0.3 is 10.2 Å². The van der Waals surface area contributed by atoms with Crippen LogP contribution in [0.5, 0.6) is 0 Å². The lowest BCUT2D eigenvalue weighted by Gasteiger charge is -2.40. The van der Waals surface area contributed by atoms with E-state index in [1.165, 1.54) is 16.8 Å². The molecular formula is C29H34N2O. The Morgan fingerprint density at radius 3 is 2.38 bits per heavy atom. The first-order valence-corrected chi connectivity index (χ1v) is 11.8. The van der Waals surface area contributed by atoms with Crippen LogP contribution in [-0.4, -0.2) is 29.4 Å². The summed E-state index contributed by atoms with van der Waals surface area (Å²) in [5.74, 6) is 0.158. The van der Waals surface area contributed by atoms with Crippen molar-refractivity contribution >= 4 is 11.6 Å². The molecule has 0 spiro atoms. The molecule has 0 radical (unpaired) electrons. The van der Waals surface area contributed by atoms with Crippen molar-refractivity contribution in [1.82, 2.24) is 4.90 Å². The molecule has 0 bridgehead atoms. The molecule has 2 atom stereocenters. The van der Waals surface area contributed by atoms with E-state index in [-0.39, 0.29) is 11.9 Å². The Bertz CT molecular complexity index is 1040. The molecule has 1 N–H and O–H groups in total. The molecule has 1 heterocycles. The fourth-order valence-electron chi connectivity index (χ4n) is 4.98. The van der Waals surface area contributed by atoms with Gasteiger partial charge in [0, 0.05) is 29.9 Å². The highest BCUT2D eigenvalue weighted by Crippen LogP contribution is 2.27. The summed E-state index contributed by atoms with van der Waals surface area (Å²) in [6.07, 6.45) is 3.80. The molecule has 3 heteroatoms. The van der Waals surface area contributed by atoms with Crippen molar-refractivity contribution in [3.8, 4) is 0 Å². The van der Waals surface area contributed by atoms with Crippen LogP contribution in [0.1, 0.15) is 52.4 Å². The second kappa shape index (κ2) is 10.0. The van der Waals surface area contributed by atoms with Gasteiger partial charge in [0.05, 0.1) is 0 Å². The van der Waals surface area contributed by atoms with Gasteiger partial charge in [-0.2, -0.15) is 0 Å². The number of para-hydroxylation sites is 1. The molecule has 0 aromatic heterocycles. The van der Waals surface area contributed by atoms with Crippen molar-refractivity contribution in [2.45, 2.75) is 58.5 Å². The molecule has 3 aromatic carbocycles. The van der Waals surface area contributed by atoms with Crippen molar-refractivity contribution in [3.05, 3.63) is 101 Å². The van der Waals surface area contributed by atoms with Crippen LogP contribution in [-0.2, 0) is 12.8 Å². The van der Waals surface area contributed by atoms with Crippen molar-refractivity contribution in [2.24, 2.45) is 0 Å². The Morgan fingerprint density at radius 2 is 1.66 bits per heavy atom. The van der Waals surface area contributed by atoms with E-state index in [0.717, 1.165) is 48.9 Å². The molecule has 0 aliphatic carbocycles. The molecular weight excluding hydrogens is 392 g/mol. The second-order valence-corrected chi connectivity index (χ2v) is 9.09. The number of anilines is 1. The maximum absolute atomic E-state index is 13.6. The van der Waals surface area contributed by atoms with Gasteiger partial charge in [-0.15, -0.1) is 0 Å². The van der Waals surface area contributed by atoms with E-state index in [1.807, 2.05) is 12.1 Å². The third-order valence-electron chi connectivity index (χ3n) is 6.52. The highest BCUT2D eigenvalue weighted by Gasteiger charge is 2.32. The lowest BCUT2D eigenvalue weighted by atomic mass is 9.90. The smallest absolute Gasteiger partial charge is 0.254 e. The molecule has 166 valence electrons. The number of nitrogens with one attached hydrogen (secondary N) is 1. The average Bonchev–Trinajstić information content (AvgIpc) is 2.79. The van der Waals surface area contributed by atoms with Crippen molar-refractivity contribution < 1.29 is 4.79 Å². The summed E-state index contributed by atoms with van der Waals surface area (Å²) < 4.78 is 0. The SMILES string of the molecule is CCc1ccccc1N[C@@H]1CCN(C(=O)c2cc(C)cc(C)c2)[C@H](Cc2ccccc2)C1. The topological polar surface area (TPSA) is 32.3 Å². The molecule has 32 heavy (non-hydrogen) atoms. The number of carbonyl (C=O) groups excluding carboxylic acids is 1. The Hall–Kier alpha value is -3.07. The summed E-state index contributed by atoms with van der Waals surface area (Å²) in [6.45, 7) is 7.10. The number of nitrogens with zero attached hydrogens (tertiary/aromatic N) is 1. The van der Waals surface area contributed by atoms with E-state index >= 15 is 0 Å². The van der Waals surface area contributed by atoms with E-state index in [4.69, 9.17) is 0 Å². The van der Waals surface area contributed by atoms with Crippen LogP contribution in [0.2, 0.25) is 0 Å². The highest BCUT2D eigenvalue weighted by molar-refractivity contribution is 5.95. The van der Waals surface area contributed by atoms with Crippen molar-refractivity contribution in [2.75, 3.05) is 11.9 Å². The van der Waals surface area contributed by atoms with Crippen LogP contribution in [0, 0.1) is 13.8 Å². The summed E-state index contributed by atoms with van der Waals surface area (Å²) in [5.41, 5.74) is 6.95. The van der Waals surface area contributed by atoms with Crippen LogP contribution in [0.15, 0.2) is 72.8 Å². The summed E-state index contributed by atoms with van der Waals surface area (Å²) in [4.78, 5) is 15.7. The number of hydrogen-bond acceptors (Lipinski definition) is 2. The standard InChI is InChI=1S/C29H34N2O/c1-4-24-12-8-9-13-28(24)30-26-14-15-31(27(20-26)19-23-10-6-5-7-11-23)29(32)25-17-21(2)16-22(3)18-25/h5-13,16-18,26-27,30H,4,14-15,19-20H2,1-3H3/t26-,27-/m1/s1. The maximum Gasteiger partial charge on any atom is 0.254 e. The Morgan fingerprint density at radius 1 is 0.969 bits per heavy atom. The van der Waals surface area contributed by atoms with Gasteiger partial charge in [0.1, 0.15) is 0 Å². The highest BCUT2D eigenvalue weighted by atomic mass is 16.2. The fourth-order valence-corrected chi connectivity index (χ4v) is 4.98. The first-order valence-electron chi connectivity index (χ1n) is 11.8. The number of likely N-dealkylation sites (tertiary alicyclic amines) is 1. The third kappa shape index (κ3) is 5.21. The number of piperidine rings is 1. The molecule has 3 nitrogen and oxygen atoms in total. The number of benzene rings is 3. The Kier molecular flexibility index (Phi) is 6.94. The van der Waals surface area contributed by atoms with Gasteiger partial charge in [-0.05, 0) is 68.9 Å². The third-order valence-corrected chi connectivity index (χ3v) is 6.52. The number of hydrogen-bond donors (Lipinski definition) is 1. The van der Waals surface area contributed by atoms with Crippen LogP contribution in [0.25, 0.3) is 0 Å². The van der Waals surface area contributed by atoms with Gasteiger partial charge in [-0.3, -0.25) is 4.79 Å². The average molecular weight is 427 g/mol. The Balaban J connectivity index is 1.57. The zero-order chi connectivity index (χ0) is 22.5. The number of aryl methyl sites for hydroxylation is 3. The van der Waals surface area contributed by atoms with Gasteiger partial charge in [0.25, 0.3) is 5.91 Å². The van der Waals surface area contributed by atoms with Gasteiger partial charge in [0.15, 0.2) is 0 Å². The first-order chi connectivity index (χ1) is 15.5. The molecule has 1 aliphatic rings. The number of rotatable bonds is 6. The minimum absolute atomic E-state index is 0.158. The minimum atomic E-state index is 0.158. The van der Waals surface area contributed by atoms with Gasteiger partial charge in [0.2, 0.25) is 0 Å². The van der Waals surface area contributed by atoms with E-state index in [1.54, 1.807) is 0 Å². The molecule has 1 saturated heterocycles. The molecule has 1 fully saturated rings. The van der Waals surface area contributed by atoms with E-state index in [9.17, 15) is 4.79 Å². The zero-order valence-electron chi connectivity index (χ0n) is 19.5. The summed E-state index contributed by atoms with van der Waals surface area (Å²) >= 11 is 0. The molecule has 1 amide bonds. The molecule has 0 saturated carbocycles. The fraction of sp³-hybridized carbons (Fsp3) is 0.345. The lowest BCUT2D eigenvalue weighted by molar-refractivity contribution is 0.0602. The normalized spacial score (nSPS) is 18.4. The van der Waals surface area contributed by atoms with Crippen LogP contribution < -0.4 is 5.32 Å². The number of carbonyl (C=O) groups is 1. The maximum atomic E-state index is 13.6. The molecule has 4 rings (SSSR count). The quantitative estimate of drug-likeness (QED) is 0.509. The predicted octanol–water partition coefficient (Wildman–Crippen LogP) is 6.19. The number of amides is 1. The minimum Gasteiger partial charge on any atom is -0.382 e. The zero-order valence-corrected chi connectivity index (χ0v) is 19.5. The molecule has 3 aromatic rings. The van der Waals surface area contributed by atoms with E-state index in [2.05, 4.69) is 91.7 Å². The van der Waals surface area contributed by atoms with Crippen LogP contribution in [0.4, 0.5) is 5.69 Å². The van der Waals surface area contributed by atoms with Gasteiger partial charge >= 0.3 is 0 Å². The van der Waals surface area contributed by atoms with Crippen molar-refractivity contribution in [3.63, 3.8) is 0 Å². The van der Waals surface area contributed by atoms with Crippen molar-refractivity contribution in [1.29, 1.82) is 0 Å². The summed E-state index contributed by atoms with van der Waals surface area (Å²) in [7, 11) is 0.